The molecule has 0 amide bonds. The highest BCUT2D eigenvalue weighted by Crippen LogP contribution is 2.31. The number of hydrogen-bond donors (Lipinski definition) is 1. The molecule has 0 bridgehead atoms. The number of nitrogens with zero attached hydrogens (tertiary/aromatic N) is 1. The van der Waals surface area contributed by atoms with Crippen LogP contribution < -0.4 is 10.1 Å². The van der Waals surface area contributed by atoms with Gasteiger partial charge >= 0.3 is 0 Å². The van der Waals surface area contributed by atoms with Crippen molar-refractivity contribution in [3.05, 3.63) is 53.9 Å². The Kier molecular flexibility index (Phi) is 6.28. The van der Waals surface area contributed by atoms with Gasteiger partial charge in [-0.25, -0.2) is 0 Å². The molecular formula is C18H24N2OS. The Labute approximate surface area is 137 Å². The van der Waals surface area contributed by atoms with Crippen LogP contribution in [0.15, 0.2) is 47.6 Å². The number of thioether (sulfide) groups is 1. The SMILES string of the molecule is CC[C@@H](N[C@@H](C)c1ccc(SC)c(OC)c1)c1ccncc1. The van der Waals surface area contributed by atoms with Crippen LogP contribution in [0, 0.1) is 0 Å². The summed E-state index contributed by atoms with van der Waals surface area (Å²) in [6.45, 7) is 4.39. The van der Waals surface area contributed by atoms with Crippen molar-refractivity contribution in [2.75, 3.05) is 13.4 Å². The molecule has 2 rings (SSSR count). The molecule has 0 saturated carbocycles. The van der Waals surface area contributed by atoms with E-state index in [2.05, 4.69) is 60.7 Å². The van der Waals surface area contributed by atoms with Gasteiger partial charge in [-0.1, -0.05) is 13.0 Å². The van der Waals surface area contributed by atoms with E-state index in [0.29, 0.717) is 6.04 Å². The lowest BCUT2D eigenvalue weighted by molar-refractivity contribution is 0.401. The van der Waals surface area contributed by atoms with Crippen LogP contribution in [0.3, 0.4) is 0 Å². The Morgan fingerprint density at radius 2 is 1.91 bits per heavy atom. The minimum absolute atomic E-state index is 0.253. The van der Waals surface area contributed by atoms with Crippen LogP contribution in [0.1, 0.15) is 43.5 Å². The average molecular weight is 316 g/mol. The van der Waals surface area contributed by atoms with Gasteiger partial charge in [0.05, 0.1) is 7.11 Å². The Bertz CT molecular complexity index is 589. The largest absolute Gasteiger partial charge is 0.496 e. The smallest absolute Gasteiger partial charge is 0.132 e. The van der Waals surface area contributed by atoms with Gasteiger partial charge in [0, 0.05) is 29.4 Å². The molecule has 0 unspecified atom stereocenters. The maximum atomic E-state index is 5.49. The molecule has 2 aromatic rings. The zero-order chi connectivity index (χ0) is 15.9. The molecule has 0 aliphatic carbocycles. The highest BCUT2D eigenvalue weighted by Gasteiger charge is 2.15. The highest BCUT2D eigenvalue weighted by molar-refractivity contribution is 7.98. The molecule has 22 heavy (non-hydrogen) atoms. The van der Waals surface area contributed by atoms with E-state index in [1.807, 2.05) is 12.4 Å². The van der Waals surface area contributed by atoms with Gasteiger partial charge < -0.3 is 10.1 Å². The first-order chi connectivity index (χ1) is 10.7. The van der Waals surface area contributed by atoms with Crippen LogP contribution in [-0.4, -0.2) is 18.3 Å². The van der Waals surface area contributed by atoms with Gasteiger partial charge in [0.25, 0.3) is 0 Å². The molecule has 0 radical (unpaired) electrons. The first kappa shape index (κ1) is 16.8. The Hall–Kier alpha value is -1.52. The van der Waals surface area contributed by atoms with Crippen molar-refractivity contribution in [1.82, 2.24) is 10.3 Å². The monoisotopic (exact) mass is 316 g/mol. The van der Waals surface area contributed by atoms with E-state index in [1.54, 1.807) is 18.9 Å². The summed E-state index contributed by atoms with van der Waals surface area (Å²) in [6.07, 6.45) is 6.80. The second kappa shape index (κ2) is 8.20. The molecule has 1 aromatic carbocycles. The lowest BCUT2D eigenvalue weighted by Gasteiger charge is -2.23. The lowest BCUT2D eigenvalue weighted by Crippen LogP contribution is -2.24. The third kappa shape index (κ3) is 4.02. The number of benzene rings is 1. The van der Waals surface area contributed by atoms with Crippen LogP contribution >= 0.6 is 11.8 Å². The van der Waals surface area contributed by atoms with Crippen molar-refractivity contribution >= 4 is 11.8 Å². The number of ether oxygens (including phenoxy) is 1. The molecule has 3 nitrogen and oxygen atoms in total. The predicted molar refractivity (Wildman–Crippen MR) is 93.6 cm³/mol. The van der Waals surface area contributed by atoms with E-state index < -0.39 is 0 Å². The molecule has 0 saturated heterocycles. The number of methoxy groups -OCH3 is 1. The van der Waals surface area contributed by atoms with Gasteiger partial charge in [-0.2, -0.15) is 0 Å². The summed E-state index contributed by atoms with van der Waals surface area (Å²) in [5.41, 5.74) is 2.51. The lowest BCUT2D eigenvalue weighted by atomic mass is 10.0. The summed E-state index contributed by atoms with van der Waals surface area (Å²) in [7, 11) is 1.72. The first-order valence-corrected chi connectivity index (χ1v) is 8.80. The van der Waals surface area contributed by atoms with E-state index in [-0.39, 0.29) is 6.04 Å². The Morgan fingerprint density at radius 1 is 1.18 bits per heavy atom. The number of aromatic nitrogens is 1. The van der Waals surface area contributed by atoms with E-state index in [1.165, 1.54) is 16.0 Å². The van der Waals surface area contributed by atoms with Crippen LogP contribution in [0.4, 0.5) is 0 Å². The van der Waals surface area contributed by atoms with Crippen LogP contribution in [0.25, 0.3) is 0 Å². The van der Waals surface area contributed by atoms with Gasteiger partial charge in [0.1, 0.15) is 5.75 Å². The number of pyridine rings is 1. The molecule has 1 heterocycles. The van der Waals surface area contributed by atoms with Crippen LogP contribution in [0.5, 0.6) is 5.75 Å². The van der Waals surface area contributed by atoms with Gasteiger partial charge in [-0.15, -0.1) is 11.8 Å². The Morgan fingerprint density at radius 3 is 2.50 bits per heavy atom. The van der Waals surface area contributed by atoms with E-state index in [0.717, 1.165) is 12.2 Å². The van der Waals surface area contributed by atoms with Crippen molar-refractivity contribution in [1.29, 1.82) is 0 Å². The molecule has 0 aliphatic heterocycles. The van der Waals surface area contributed by atoms with Crippen molar-refractivity contribution < 1.29 is 4.74 Å². The summed E-state index contributed by atoms with van der Waals surface area (Å²) in [5.74, 6) is 0.940. The summed E-state index contributed by atoms with van der Waals surface area (Å²) in [5, 5.41) is 3.70. The summed E-state index contributed by atoms with van der Waals surface area (Å²) in [4.78, 5) is 5.26. The van der Waals surface area contributed by atoms with E-state index >= 15 is 0 Å². The second-order valence-corrected chi connectivity index (χ2v) is 6.09. The zero-order valence-corrected chi connectivity index (χ0v) is 14.5. The third-order valence-electron chi connectivity index (χ3n) is 3.88. The molecule has 4 heteroatoms. The molecule has 1 aromatic heterocycles. The molecule has 118 valence electrons. The topological polar surface area (TPSA) is 34.1 Å². The molecule has 1 N–H and O–H groups in total. The fraction of sp³-hybridized carbons (Fsp3) is 0.389. The summed E-state index contributed by atoms with van der Waals surface area (Å²) in [6, 6.07) is 11.2. The van der Waals surface area contributed by atoms with Gasteiger partial charge in [-0.3, -0.25) is 4.98 Å². The van der Waals surface area contributed by atoms with Crippen LogP contribution in [-0.2, 0) is 0 Å². The van der Waals surface area contributed by atoms with Crippen molar-refractivity contribution in [2.24, 2.45) is 0 Å². The van der Waals surface area contributed by atoms with Gasteiger partial charge in [-0.05, 0) is 55.0 Å². The van der Waals surface area contributed by atoms with Crippen molar-refractivity contribution in [2.45, 2.75) is 37.2 Å². The normalized spacial score (nSPS) is 13.6. The maximum Gasteiger partial charge on any atom is 0.132 e. The van der Waals surface area contributed by atoms with E-state index in [9.17, 15) is 0 Å². The third-order valence-corrected chi connectivity index (χ3v) is 4.65. The van der Waals surface area contributed by atoms with Crippen molar-refractivity contribution in [3.63, 3.8) is 0 Å². The standard InChI is InChI=1S/C18H24N2OS/c1-5-16(14-8-10-19-11-9-14)20-13(2)15-6-7-18(22-4)17(12-15)21-3/h6-13,16,20H,5H2,1-4H3/t13-,16+/m0/s1. The fourth-order valence-electron chi connectivity index (χ4n) is 2.57. The quantitative estimate of drug-likeness (QED) is 0.756. The number of nitrogens with one attached hydrogen (secondary N) is 1. The number of rotatable bonds is 7. The van der Waals surface area contributed by atoms with Gasteiger partial charge in [0.2, 0.25) is 0 Å². The summed E-state index contributed by atoms with van der Waals surface area (Å²) >= 11 is 1.70. The van der Waals surface area contributed by atoms with Gasteiger partial charge in [0.15, 0.2) is 0 Å². The predicted octanol–water partition coefficient (Wildman–Crippen LogP) is 4.61. The zero-order valence-electron chi connectivity index (χ0n) is 13.7. The average Bonchev–Trinajstić information content (AvgIpc) is 2.59. The first-order valence-electron chi connectivity index (χ1n) is 7.57. The van der Waals surface area contributed by atoms with Crippen molar-refractivity contribution in [3.8, 4) is 5.75 Å². The molecule has 2 atom stereocenters. The highest BCUT2D eigenvalue weighted by atomic mass is 32.2. The second-order valence-electron chi connectivity index (χ2n) is 5.24. The fourth-order valence-corrected chi connectivity index (χ4v) is 3.11. The number of hydrogen-bond acceptors (Lipinski definition) is 4. The van der Waals surface area contributed by atoms with Crippen LogP contribution in [0.2, 0.25) is 0 Å². The molecular weight excluding hydrogens is 292 g/mol. The minimum Gasteiger partial charge on any atom is -0.496 e. The molecule has 0 aliphatic rings. The van der Waals surface area contributed by atoms with E-state index in [4.69, 9.17) is 4.74 Å². The Balaban J connectivity index is 2.15. The minimum atomic E-state index is 0.253. The maximum absolute atomic E-state index is 5.49. The molecule has 0 fully saturated rings. The molecule has 0 spiro atoms. The summed E-state index contributed by atoms with van der Waals surface area (Å²) < 4.78 is 5.49.